The normalized spacial score (nSPS) is 10.9. The van der Waals surface area contributed by atoms with Crippen molar-refractivity contribution in [1.29, 1.82) is 0 Å². The number of aryl methyl sites for hydroxylation is 2. The SMILES string of the molecule is Cc1ccc(C)c(C(=O)PCC(C)C)c1C.[Li]. The van der Waals surface area contributed by atoms with Gasteiger partial charge in [0.1, 0.15) is 0 Å². The Bertz CT molecular complexity index is 399. The molecule has 0 spiro atoms. The van der Waals surface area contributed by atoms with Gasteiger partial charge in [0.2, 0.25) is 0 Å². The molecule has 0 saturated heterocycles. The molecule has 0 N–H and O–H groups in total. The van der Waals surface area contributed by atoms with Gasteiger partial charge in [-0.15, -0.1) is 0 Å². The van der Waals surface area contributed by atoms with E-state index in [9.17, 15) is 4.79 Å². The van der Waals surface area contributed by atoms with Crippen LogP contribution in [0.15, 0.2) is 12.1 Å². The molecule has 0 aliphatic carbocycles. The second kappa shape index (κ2) is 7.37. The summed E-state index contributed by atoms with van der Waals surface area (Å²) in [5.74, 6) is 0.604. The Hall–Kier alpha value is -0.0826. The minimum atomic E-state index is 0. The quantitative estimate of drug-likeness (QED) is 0.582. The number of carbonyl (C=O) groups is 1. The van der Waals surface area contributed by atoms with E-state index in [1.807, 2.05) is 6.92 Å². The van der Waals surface area contributed by atoms with Crippen LogP contribution in [0.3, 0.4) is 0 Å². The number of hydrogen-bond acceptors (Lipinski definition) is 1. The minimum absolute atomic E-state index is 0. The van der Waals surface area contributed by atoms with Crippen LogP contribution in [-0.2, 0) is 0 Å². The molecule has 0 heterocycles. The summed E-state index contributed by atoms with van der Waals surface area (Å²) >= 11 is 0. The number of carbonyl (C=O) groups excluding carboxylic acids is 1. The van der Waals surface area contributed by atoms with E-state index in [2.05, 4.69) is 39.8 Å². The van der Waals surface area contributed by atoms with E-state index >= 15 is 0 Å². The predicted octanol–water partition coefficient (Wildman–Crippen LogP) is 3.71. The van der Waals surface area contributed by atoms with Crippen LogP contribution in [0.25, 0.3) is 0 Å². The predicted molar refractivity (Wildman–Crippen MR) is 78.8 cm³/mol. The van der Waals surface area contributed by atoms with Gasteiger partial charge >= 0.3 is 0 Å². The third-order valence-electron chi connectivity index (χ3n) is 2.84. The van der Waals surface area contributed by atoms with Crippen LogP contribution in [0.4, 0.5) is 0 Å². The fraction of sp³-hybridized carbons (Fsp3) is 0.500. The first-order valence-electron chi connectivity index (χ1n) is 5.78. The van der Waals surface area contributed by atoms with E-state index < -0.39 is 0 Å². The minimum Gasteiger partial charge on any atom is -0.289 e. The fourth-order valence-corrected chi connectivity index (χ4v) is 2.84. The standard InChI is InChI=1S/C14H21OP.Li/c1-9(2)8-16-14(15)13-11(4)7-6-10(3)12(13)5;/h6-7,9,16H,8H2,1-5H3;. The first-order valence-corrected chi connectivity index (χ1v) is 6.99. The van der Waals surface area contributed by atoms with Crippen molar-refractivity contribution in [3.05, 3.63) is 34.4 Å². The zero-order valence-corrected chi connectivity index (χ0v) is 12.8. The van der Waals surface area contributed by atoms with Gasteiger partial charge in [-0.1, -0.05) is 26.0 Å². The molecule has 0 fully saturated rings. The number of rotatable bonds is 4. The van der Waals surface area contributed by atoms with Gasteiger partial charge in [0.05, 0.1) is 0 Å². The molecule has 0 bridgehead atoms. The average Bonchev–Trinajstić information content (AvgIpc) is 2.21. The van der Waals surface area contributed by atoms with Crippen LogP contribution in [0, 0.1) is 26.7 Å². The van der Waals surface area contributed by atoms with Gasteiger partial charge in [-0.2, -0.15) is 0 Å². The summed E-state index contributed by atoms with van der Waals surface area (Å²) in [5.41, 5.74) is 4.76. The van der Waals surface area contributed by atoms with E-state index in [4.69, 9.17) is 0 Å². The molecular formula is C14H21LiOP. The summed E-state index contributed by atoms with van der Waals surface area (Å²) in [6.07, 6.45) is 1.01. The van der Waals surface area contributed by atoms with Crippen molar-refractivity contribution in [2.45, 2.75) is 34.6 Å². The Balaban J connectivity index is 0.00000256. The summed E-state index contributed by atoms with van der Waals surface area (Å²) < 4.78 is 0. The number of hydrogen-bond donors (Lipinski definition) is 0. The van der Waals surface area contributed by atoms with Gasteiger partial charge in [0, 0.05) is 24.4 Å². The zero-order chi connectivity index (χ0) is 12.3. The molecule has 1 rings (SSSR count). The van der Waals surface area contributed by atoms with Crippen molar-refractivity contribution >= 4 is 33.0 Å². The molecule has 17 heavy (non-hydrogen) atoms. The second-order valence-electron chi connectivity index (χ2n) is 4.80. The molecule has 1 unspecified atom stereocenters. The maximum atomic E-state index is 12.2. The van der Waals surface area contributed by atoms with Crippen molar-refractivity contribution in [2.24, 2.45) is 5.92 Å². The Morgan fingerprint density at radius 2 is 1.71 bits per heavy atom. The molecule has 0 aliphatic rings. The first kappa shape index (κ1) is 16.9. The fourth-order valence-electron chi connectivity index (χ4n) is 1.69. The van der Waals surface area contributed by atoms with E-state index in [1.54, 1.807) is 0 Å². The van der Waals surface area contributed by atoms with E-state index in [-0.39, 0.29) is 18.9 Å². The van der Waals surface area contributed by atoms with Crippen LogP contribution in [0.2, 0.25) is 0 Å². The summed E-state index contributed by atoms with van der Waals surface area (Å²) in [7, 11) is 0.414. The smallest absolute Gasteiger partial charge is 0.181 e. The van der Waals surface area contributed by atoms with Gasteiger partial charge in [0.25, 0.3) is 0 Å². The zero-order valence-electron chi connectivity index (χ0n) is 11.8. The Morgan fingerprint density at radius 3 is 2.24 bits per heavy atom. The van der Waals surface area contributed by atoms with Crippen molar-refractivity contribution in [3.63, 3.8) is 0 Å². The van der Waals surface area contributed by atoms with Gasteiger partial charge in [-0.05, 0) is 58.1 Å². The second-order valence-corrected chi connectivity index (χ2v) is 6.02. The third kappa shape index (κ3) is 4.59. The summed E-state index contributed by atoms with van der Waals surface area (Å²) in [6, 6.07) is 4.14. The van der Waals surface area contributed by atoms with E-state index in [0.29, 0.717) is 20.0 Å². The van der Waals surface area contributed by atoms with Crippen LogP contribution in [0.5, 0.6) is 0 Å². The molecular weight excluding hydrogens is 222 g/mol. The van der Waals surface area contributed by atoms with Crippen LogP contribution in [0.1, 0.15) is 40.9 Å². The maximum absolute atomic E-state index is 12.2. The Morgan fingerprint density at radius 1 is 1.18 bits per heavy atom. The molecule has 1 atom stereocenters. The molecule has 1 radical (unpaired) electrons. The van der Waals surface area contributed by atoms with Gasteiger partial charge < -0.3 is 0 Å². The van der Waals surface area contributed by atoms with Gasteiger partial charge in [0.15, 0.2) is 5.52 Å². The third-order valence-corrected chi connectivity index (χ3v) is 4.43. The number of benzene rings is 1. The monoisotopic (exact) mass is 243 g/mol. The van der Waals surface area contributed by atoms with Crippen LogP contribution < -0.4 is 0 Å². The van der Waals surface area contributed by atoms with Crippen LogP contribution >= 0.6 is 8.58 Å². The van der Waals surface area contributed by atoms with Crippen LogP contribution in [-0.4, -0.2) is 30.5 Å². The molecule has 1 aromatic carbocycles. The summed E-state index contributed by atoms with van der Waals surface area (Å²) in [5, 5.41) is 0. The Labute approximate surface area is 119 Å². The average molecular weight is 243 g/mol. The summed E-state index contributed by atoms with van der Waals surface area (Å²) in [4.78, 5) is 12.2. The topological polar surface area (TPSA) is 17.1 Å². The molecule has 1 nitrogen and oxygen atoms in total. The molecule has 0 amide bonds. The summed E-state index contributed by atoms with van der Waals surface area (Å²) in [6.45, 7) is 10.5. The van der Waals surface area contributed by atoms with E-state index in [0.717, 1.165) is 22.9 Å². The largest absolute Gasteiger partial charge is 0.289 e. The van der Waals surface area contributed by atoms with Crippen molar-refractivity contribution in [1.82, 2.24) is 0 Å². The molecule has 89 valence electrons. The van der Waals surface area contributed by atoms with Crippen molar-refractivity contribution in [2.75, 3.05) is 6.16 Å². The van der Waals surface area contributed by atoms with Gasteiger partial charge in [-0.25, -0.2) is 0 Å². The molecule has 0 aliphatic heterocycles. The Kier molecular flexibility index (Phi) is 7.34. The maximum Gasteiger partial charge on any atom is 0.181 e. The molecule has 0 saturated carbocycles. The molecule has 1 aromatic rings. The molecule has 0 aromatic heterocycles. The van der Waals surface area contributed by atoms with Crippen molar-refractivity contribution in [3.8, 4) is 0 Å². The van der Waals surface area contributed by atoms with Crippen molar-refractivity contribution < 1.29 is 4.79 Å². The van der Waals surface area contributed by atoms with E-state index in [1.165, 1.54) is 5.56 Å². The van der Waals surface area contributed by atoms with Gasteiger partial charge in [-0.3, -0.25) is 4.79 Å². The first-order chi connectivity index (χ1) is 7.43. The molecule has 3 heteroatoms.